The van der Waals surface area contributed by atoms with Crippen LogP contribution in [0.4, 0.5) is 17.3 Å². The van der Waals surface area contributed by atoms with Crippen molar-refractivity contribution in [1.29, 1.82) is 0 Å². The fraction of sp³-hybridized carbons (Fsp3) is 0.200. The lowest BCUT2D eigenvalue weighted by atomic mass is 9.98. The molecule has 0 aliphatic heterocycles. The van der Waals surface area contributed by atoms with E-state index in [4.69, 9.17) is 18.9 Å². The van der Waals surface area contributed by atoms with E-state index in [1.807, 2.05) is 18.2 Å². The topological polar surface area (TPSA) is 60.5 Å². The van der Waals surface area contributed by atoms with Gasteiger partial charge in [-0.1, -0.05) is 37.4 Å². The normalized spacial score (nSPS) is 13.1. The van der Waals surface area contributed by atoms with Gasteiger partial charge in [0.2, 0.25) is 0 Å². The molecule has 2 aliphatic carbocycles. The van der Waals surface area contributed by atoms with E-state index < -0.39 is 0 Å². The van der Waals surface area contributed by atoms with Gasteiger partial charge in [-0.15, -0.1) is 9.97 Å². The lowest BCUT2D eigenvalue weighted by Gasteiger charge is -2.10. The Morgan fingerprint density at radius 2 is 1.22 bits per heavy atom. The van der Waals surface area contributed by atoms with E-state index in [1.54, 1.807) is 18.5 Å². The second kappa shape index (κ2) is 10.3. The SMILES string of the molecule is [C-]#[N+]c1cc(-c2ccc3c(c2Br)CCC3)ccn1.[C-]#[N+]c1cc(-c2ccc3c(c2N)CCC3)ccn1. The summed E-state index contributed by atoms with van der Waals surface area (Å²) in [5.41, 5.74) is 16.9. The number of hydrogen-bond acceptors (Lipinski definition) is 3. The van der Waals surface area contributed by atoms with Crippen molar-refractivity contribution >= 4 is 33.3 Å². The maximum absolute atomic E-state index is 7.03. The Kier molecular flexibility index (Phi) is 6.80. The highest BCUT2D eigenvalue weighted by Crippen LogP contribution is 2.38. The quantitative estimate of drug-likeness (QED) is 0.210. The van der Waals surface area contributed by atoms with E-state index in [9.17, 15) is 0 Å². The minimum Gasteiger partial charge on any atom is -0.398 e. The van der Waals surface area contributed by atoms with Crippen molar-refractivity contribution in [2.24, 2.45) is 0 Å². The molecule has 0 bridgehead atoms. The molecule has 2 N–H and O–H groups in total. The molecular formula is C30H24BrN5. The molecule has 2 aromatic carbocycles. The zero-order chi connectivity index (χ0) is 25.1. The number of nitrogens with zero attached hydrogens (tertiary/aromatic N) is 4. The van der Waals surface area contributed by atoms with Gasteiger partial charge in [0.05, 0.1) is 0 Å². The largest absolute Gasteiger partial charge is 0.398 e. The fourth-order valence-electron chi connectivity index (χ4n) is 5.09. The number of anilines is 1. The van der Waals surface area contributed by atoms with Crippen molar-refractivity contribution < 1.29 is 0 Å². The summed E-state index contributed by atoms with van der Waals surface area (Å²) in [5.74, 6) is 0.854. The molecule has 6 rings (SSSR count). The molecule has 176 valence electrons. The number of benzene rings is 2. The highest BCUT2D eigenvalue weighted by molar-refractivity contribution is 9.10. The van der Waals surface area contributed by atoms with Crippen LogP contribution in [0.2, 0.25) is 0 Å². The van der Waals surface area contributed by atoms with Gasteiger partial charge in [-0.2, -0.15) is 0 Å². The number of nitrogen functional groups attached to an aromatic ring is 1. The van der Waals surface area contributed by atoms with Gasteiger partial charge >= 0.3 is 0 Å². The number of aromatic nitrogens is 2. The molecule has 4 aromatic rings. The third-order valence-electron chi connectivity index (χ3n) is 6.88. The second-order valence-corrected chi connectivity index (χ2v) is 9.76. The average molecular weight is 534 g/mol. The smallest absolute Gasteiger partial charge is 0.270 e. The average Bonchev–Trinajstić information content (AvgIpc) is 3.60. The highest BCUT2D eigenvalue weighted by atomic mass is 79.9. The molecule has 0 amide bonds. The lowest BCUT2D eigenvalue weighted by molar-refractivity contribution is 0.910. The van der Waals surface area contributed by atoms with E-state index in [-0.39, 0.29) is 0 Å². The summed E-state index contributed by atoms with van der Waals surface area (Å²) in [7, 11) is 0. The minimum absolute atomic E-state index is 0.410. The van der Waals surface area contributed by atoms with Crippen molar-refractivity contribution in [1.82, 2.24) is 9.97 Å². The molecule has 0 spiro atoms. The Morgan fingerprint density at radius 1 is 0.694 bits per heavy atom. The first-order valence-electron chi connectivity index (χ1n) is 12.0. The number of aryl methyl sites for hydroxylation is 2. The fourth-order valence-corrected chi connectivity index (χ4v) is 5.90. The molecule has 0 saturated carbocycles. The van der Waals surface area contributed by atoms with E-state index in [0.29, 0.717) is 11.6 Å². The lowest BCUT2D eigenvalue weighted by Crippen LogP contribution is -1.97. The number of fused-ring (bicyclic) bond motifs is 2. The molecular weight excluding hydrogens is 510 g/mol. The Balaban J connectivity index is 0.000000148. The predicted molar refractivity (Wildman–Crippen MR) is 148 cm³/mol. The zero-order valence-corrected chi connectivity index (χ0v) is 21.3. The van der Waals surface area contributed by atoms with Gasteiger partial charge in [0.25, 0.3) is 11.6 Å². The van der Waals surface area contributed by atoms with Crippen molar-refractivity contribution in [3.05, 3.63) is 110 Å². The number of nitrogens with two attached hydrogens (primary N) is 1. The second-order valence-electron chi connectivity index (χ2n) is 8.97. The number of halogens is 1. The molecule has 36 heavy (non-hydrogen) atoms. The molecule has 2 heterocycles. The zero-order valence-electron chi connectivity index (χ0n) is 19.8. The molecule has 0 saturated heterocycles. The Hall–Kier alpha value is -4.00. The summed E-state index contributed by atoms with van der Waals surface area (Å²) in [5, 5.41) is 0. The molecule has 6 heteroatoms. The Morgan fingerprint density at radius 3 is 1.83 bits per heavy atom. The highest BCUT2D eigenvalue weighted by Gasteiger charge is 2.18. The van der Waals surface area contributed by atoms with Crippen molar-refractivity contribution in [3.63, 3.8) is 0 Å². The van der Waals surface area contributed by atoms with Crippen LogP contribution < -0.4 is 5.73 Å². The summed E-state index contributed by atoms with van der Waals surface area (Å²) < 4.78 is 1.18. The van der Waals surface area contributed by atoms with Crippen LogP contribution in [0.5, 0.6) is 0 Å². The molecule has 2 aromatic heterocycles. The van der Waals surface area contributed by atoms with Gasteiger partial charge in [-0.05, 0) is 118 Å². The first-order valence-corrected chi connectivity index (χ1v) is 12.8. The maximum Gasteiger partial charge on any atom is 0.270 e. The van der Waals surface area contributed by atoms with E-state index in [0.717, 1.165) is 47.2 Å². The molecule has 0 atom stereocenters. The van der Waals surface area contributed by atoms with Crippen LogP contribution in [0.25, 0.3) is 31.9 Å². The first kappa shape index (κ1) is 23.7. The van der Waals surface area contributed by atoms with Crippen molar-refractivity contribution in [2.75, 3.05) is 5.73 Å². The minimum atomic E-state index is 0.410. The van der Waals surface area contributed by atoms with E-state index in [1.165, 1.54) is 46.0 Å². The number of pyridine rings is 2. The third kappa shape index (κ3) is 4.61. The summed E-state index contributed by atoms with van der Waals surface area (Å²) in [4.78, 5) is 14.7. The van der Waals surface area contributed by atoms with Gasteiger partial charge in [0.1, 0.15) is 12.4 Å². The molecule has 5 nitrogen and oxygen atoms in total. The standard InChI is InChI=1S/C15H11BrN2.C15H13N3/c2*1-17-14-9-11(7-8-18-14)13-6-5-10-3-2-4-12(10)15(13)16/h5-9H,2-4H2;5-9H,2-4,16H2. The summed E-state index contributed by atoms with van der Waals surface area (Å²) in [6.07, 6.45) is 10.3. The van der Waals surface area contributed by atoms with Crippen LogP contribution in [0.15, 0.2) is 65.4 Å². The van der Waals surface area contributed by atoms with Crippen LogP contribution in [0, 0.1) is 13.1 Å². The van der Waals surface area contributed by atoms with Gasteiger partial charge in [0.15, 0.2) is 0 Å². The first-order chi connectivity index (χ1) is 17.6. The molecule has 2 aliphatic rings. The van der Waals surface area contributed by atoms with Gasteiger partial charge in [0, 0.05) is 15.7 Å². The third-order valence-corrected chi connectivity index (χ3v) is 7.79. The van der Waals surface area contributed by atoms with Gasteiger partial charge in [-0.25, -0.2) is 0 Å². The van der Waals surface area contributed by atoms with Gasteiger partial charge in [-0.3, -0.25) is 0 Å². The molecule has 0 unspecified atom stereocenters. The Bertz CT molecular complexity index is 1430. The predicted octanol–water partition coefficient (Wildman–Crippen LogP) is 7.92. The van der Waals surface area contributed by atoms with E-state index in [2.05, 4.69) is 59.9 Å². The van der Waals surface area contributed by atoms with Crippen LogP contribution in [-0.2, 0) is 25.7 Å². The monoisotopic (exact) mass is 533 g/mol. The van der Waals surface area contributed by atoms with E-state index >= 15 is 0 Å². The number of hydrogen-bond donors (Lipinski definition) is 1. The molecule has 0 fully saturated rings. The van der Waals surface area contributed by atoms with Crippen LogP contribution in [0.1, 0.15) is 35.1 Å². The van der Waals surface area contributed by atoms with Crippen molar-refractivity contribution in [3.8, 4) is 22.3 Å². The van der Waals surface area contributed by atoms with Crippen LogP contribution in [0.3, 0.4) is 0 Å². The summed E-state index contributed by atoms with van der Waals surface area (Å²) in [6, 6.07) is 16.1. The van der Waals surface area contributed by atoms with Crippen LogP contribution in [-0.4, -0.2) is 9.97 Å². The summed E-state index contributed by atoms with van der Waals surface area (Å²) >= 11 is 3.72. The molecule has 0 radical (unpaired) electrons. The summed E-state index contributed by atoms with van der Waals surface area (Å²) in [6.45, 7) is 14.0. The van der Waals surface area contributed by atoms with Gasteiger partial charge < -0.3 is 15.4 Å². The van der Waals surface area contributed by atoms with Crippen LogP contribution >= 0.6 is 15.9 Å². The maximum atomic E-state index is 7.03. The Labute approximate surface area is 219 Å². The van der Waals surface area contributed by atoms with Crippen molar-refractivity contribution in [2.45, 2.75) is 38.5 Å². The number of rotatable bonds is 2.